The van der Waals surface area contributed by atoms with Gasteiger partial charge in [0.15, 0.2) is 0 Å². The Bertz CT molecular complexity index is 926. The largest absolute Gasteiger partial charge is 0.368 e. The molecule has 0 unspecified atom stereocenters. The van der Waals surface area contributed by atoms with Crippen LogP contribution in [-0.4, -0.2) is 31.2 Å². The number of nitrogens with zero attached hydrogens (tertiary/aromatic N) is 4. The van der Waals surface area contributed by atoms with E-state index in [0.29, 0.717) is 5.56 Å². The van der Waals surface area contributed by atoms with Crippen LogP contribution in [0, 0.1) is 11.3 Å². The molecule has 0 radical (unpaired) electrons. The third-order valence-electron chi connectivity index (χ3n) is 4.80. The zero-order chi connectivity index (χ0) is 18.5. The average molecular weight is 355 g/mol. The van der Waals surface area contributed by atoms with Crippen LogP contribution >= 0.6 is 0 Å². The number of para-hydroxylation sites is 2. The van der Waals surface area contributed by atoms with E-state index in [1.54, 1.807) is 6.20 Å². The van der Waals surface area contributed by atoms with E-state index >= 15 is 0 Å². The lowest BCUT2D eigenvalue weighted by Crippen LogP contribution is -2.47. The van der Waals surface area contributed by atoms with Crippen molar-refractivity contribution in [3.8, 4) is 6.07 Å². The number of pyridine rings is 1. The number of aromatic nitrogens is 1. The van der Waals surface area contributed by atoms with E-state index in [2.05, 4.69) is 50.4 Å². The molecular weight excluding hydrogens is 334 g/mol. The Morgan fingerprint density at radius 2 is 1.44 bits per heavy atom. The third-order valence-corrected chi connectivity index (χ3v) is 4.80. The summed E-state index contributed by atoms with van der Waals surface area (Å²) in [5.41, 5.74) is 3.58. The highest BCUT2D eigenvalue weighted by Crippen LogP contribution is 2.28. The normalized spacial score (nSPS) is 13.9. The van der Waals surface area contributed by atoms with E-state index in [4.69, 9.17) is 0 Å². The van der Waals surface area contributed by atoms with Gasteiger partial charge in [-0.1, -0.05) is 36.4 Å². The summed E-state index contributed by atoms with van der Waals surface area (Å²) in [6, 6.07) is 24.5. The van der Waals surface area contributed by atoms with Crippen molar-refractivity contribution < 1.29 is 0 Å². The van der Waals surface area contributed by atoms with Crippen molar-refractivity contribution in [2.45, 2.75) is 0 Å². The first-order chi connectivity index (χ1) is 13.3. The summed E-state index contributed by atoms with van der Waals surface area (Å²) in [6.07, 6.45) is 1.77. The van der Waals surface area contributed by atoms with Crippen molar-refractivity contribution >= 4 is 22.9 Å². The summed E-state index contributed by atoms with van der Waals surface area (Å²) >= 11 is 0. The first kappa shape index (κ1) is 16.9. The fourth-order valence-electron chi connectivity index (χ4n) is 3.40. The quantitative estimate of drug-likeness (QED) is 0.766. The van der Waals surface area contributed by atoms with Gasteiger partial charge in [-0.25, -0.2) is 4.98 Å². The van der Waals surface area contributed by atoms with Crippen molar-refractivity contribution in [3.63, 3.8) is 0 Å². The minimum absolute atomic E-state index is 0.592. The SMILES string of the molecule is N#Cc1c(Nc2ccccc2)ccnc1N1CCN(c2ccccc2)CC1. The molecule has 0 bridgehead atoms. The van der Waals surface area contributed by atoms with E-state index in [0.717, 1.165) is 43.4 Å². The second kappa shape index (κ2) is 7.79. The molecular formula is C22H21N5. The maximum absolute atomic E-state index is 9.77. The van der Waals surface area contributed by atoms with Gasteiger partial charge in [0.05, 0.1) is 5.69 Å². The molecule has 134 valence electrons. The Balaban J connectivity index is 1.53. The first-order valence-electron chi connectivity index (χ1n) is 9.11. The molecule has 1 saturated heterocycles. The number of benzene rings is 2. The minimum atomic E-state index is 0.592. The van der Waals surface area contributed by atoms with Gasteiger partial charge in [-0.05, 0) is 30.3 Å². The molecule has 0 spiro atoms. The highest BCUT2D eigenvalue weighted by Gasteiger charge is 2.22. The highest BCUT2D eigenvalue weighted by molar-refractivity contribution is 5.73. The second-order valence-corrected chi connectivity index (χ2v) is 6.47. The van der Waals surface area contributed by atoms with Crippen molar-refractivity contribution in [1.82, 2.24) is 4.98 Å². The average Bonchev–Trinajstić information content (AvgIpc) is 2.75. The predicted octanol–water partition coefficient (Wildman–Crippen LogP) is 4.02. The molecule has 0 saturated carbocycles. The van der Waals surface area contributed by atoms with E-state index in [1.807, 2.05) is 42.5 Å². The standard InChI is InChI=1S/C22H21N5/c23-17-20-21(25-18-7-3-1-4-8-18)11-12-24-22(20)27-15-13-26(14-16-27)19-9-5-2-6-10-19/h1-12H,13-16H2,(H,24,25). The van der Waals surface area contributed by atoms with Gasteiger partial charge >= 0.3 is 0 Å². The zero-order valence-corrected chi connectivity index (χ0v) is 15.0. The molecule has 4 rings (SSSR count). The van der Waals surface area contributed by atoms with Crippen LogP contribution in [0.2, 0.25) is 0 Å². The van der Waals surface area contributed by atoms with Gasteiger partial charge in [0.1, 0.15) is 17.5 Å². The topological polar surface area (TPSA) is 55.2 Å². The highest BCUT2D eigenvalue weighted by atomic mass is 15.3. The summed E-state index contributed by atoms with van der Waals surface area (Å²) in [6.45, 7) is 3.50. The molecule has 1 aliphatic heterocycles. The maximum atomic E-state index is 9.77. The fraction of sp³-hybridized carbons (Fsp3) is 0.182. The molecule has 1 fully saturated rings. The lowest BCUT2D eigenvalue weighted by atomic mass is 10.1. The Morgan fingerprint density at radius 3 is 2.11 bits per heavy atom. The molecule has 3 aromatic rings. The van der Waals surface area contributed by atoms with E-state index < -0.39 is 0 Å². The lowest BCUT2D eigenvalue weighted by molar-refractivity contribution is 0.647. The first-order valence-corrected chi connectivity index (χ1v) is 9.11. The molecule has 2 aromatic carbocycles. The van der Waals surface area contributed by atoms with Gasteiger partial charge in [-0.2, -0.15) is 5.26 Å². The smallest absolute Gasteiger partial charge is 0.148 e. The molecule has 2 heterocycles. The van der Waals surface area contributed by atoms with Gasteiger partial charge in [-0.15, -0.1) is 0 Å². The van der Waals surface area contributed by atoms with Crippen molar-refractivity contribution in [2.24, 2.45) is 0 Å². The van der Waals surface area contributed by atoms with E-state index in [1.165, 1.54) is 5.69 Å². The Labute approximate surface area is 159 Å². The number of piperazine rings is 1. The lowest BCUT2D eigenvalue weighted by Gasteiger charge is -2.37. The van der Waals surface area contributed by atoms with Gasteiger partial charge < -0.3 is 15.1 Å². The van der Waals surface area contributed by atoms with Crippen LogP contribution in [0.25, 0.3) is 0 Å². The summed E-state index contributed by atoms with van der Waals surface area (Å²) in [4.78, 5) is 9.09. The predicted molar refractivity (Wildman–Crippen MR) is 110 cm³/mol. The number of hydrogen-bond donors (Lipinski definition) is 1. The van der Waals surface area contributed by atoms with E-state index in [-0.39, 0.29) is 0 Å². The molecule has 5 nitrogen and oxygen atoms in total. The third kappa shape index (κ3) is 3.70. The number of nitrogens with one attached hydrogen (secondary N) is 1. The summed E-state index contributed by atoms with van der Waals surface area (Å²) in [7, 11) is 0. The summed E-state index contributed by atoms with van der Waals surface area (Å²) in [5, 5.41) is 13.1. The summed E-state index contributed by atoms with van der Waals surface area (Å²) in [5.74, 6) is 0.756. The fourth-order valence-corrected chi connectivity index (χ4v) is 3.40. The van der Waals surface area contributed by atoms with Crippen LogP contribution in [0.1, 0.15) is 5.56 Å². The van der Waals surface area contributed by atoms with Gasteiger partial charge in [0.25, 0.3) is 0 Å². The Morgan fingerprint density at radius 1 is 0.815 bits per heavy atom. The molecule has 0 amide bonds. The molecule has 0 atom stereocenters. The zero-order valence-electron chi connectivity index (χ0n) is 15.0. The maximum Gasteiger partial charge on any atom is 0.148 e. The van der Waals surface area contributed by atoms with Crippen LogP contribution in [0.15, 0.2) is 72.9 Å². The Hall–Kier alpha value is -3.52. The van der Waals surface area contributed by atoms with Crippen LogP contribution in [0.4, 0.5) is 22.9 Å². The van der Waals surface area contributed by atoms with Gasteiger partial charge in [-0.3, -0.25) is 0 Å². The van der Waals surface area contributed by atoms with Crippen molar-refractivity contribution in [3.05, 3.63) is 78.5 Å². The Kier molecular flexibility index (Phi) is 4.88. The van der Waals surface area contributed by atoms with Crippen LogP contribution in [0.5, 0.6) is 0 Å². The van der Waals surface area contributed by atoms with Crippen LogP contribution < -0.4 is 15.1 Å². The van der Waals surface area contributed by atoms with E-state index in [9.17, 15) is 5.26 Å². The number of hydrogen-bond acceptors (Lipinski definition) is 5. The number of rotatable bonds is 4. The summed E-state index contributed by atoms with van der Waals surface area (Å²) < 4.78 is 0. The monoisotopic (exact) mass is 355 g/mol. The van der Waals surface area contributed by atoms with Crippen molar-refractivity contribution in [2.75, 3.05) is 41.3 Å². The van der Waals surface area contributed by atoms with Crippen LogP contribution in [-0.2, 0) is 0 Å². The van der Waals surface area contributed by atoms with Gasteiger partial charge in [0, 0.05) is 43.8 Å². The molecule has 5 heteroatoms. The number of anilines is 4. The molecule has 1 aromatic heterocycles. The number of nitriles is 1. The van der Waals surface area contributed by atoms with Crippen LogP contribution in [0.3, 0.4) is 0 Å². The minimum Gasteiger partial charge on any atom is -0.368 e. The van der Waals surface area contributed by atoms with Crippen molar-refractivity contribution in [1.29, 1.82) is 5.26 Å². The molecule has 27 heavy (non-hydrogen) atoms. The molecule has 1 N–H and O–H groups in total. The molecule has 0 aliphatic carbocycles. The molecule has 1 aliphatic rings. The second-order valence-electron chi connectivity index (χ2n) is 6.47. The van der Waals surface area contributed by atoms with Gasteiger partial charge in [0.2, 0.25) is 0 Å².